The lowest BCUT2D eigenvalue weighted by Gasteiger charge is -2.12. The number of methoxy groups -OCH3 is 1. The first kappa shape index (κ1) is 22.5. The summed E-state index contributed by atoms with van der Waals surface area (Å²) in [5.41, 5.74) is 5.74. The molecule has 0 aromatic heterocycles. The Morgan fingerprint density at radius 3 is 2.62 bits per heavy atom. The third-order valence-electron chi connectivity index (χ3n) is 4.74. The van der Waals surface area contributed by atoms with Gasteiger partial charge in [-0.3, -0.25) is 4.79 Å². The fourth-order valence-electron chi connectivity index (χ4n) is 2.94. The predicted molar refractivity (Wildman–Crippen MR) is 118 cm³/mol. The van der Waals surface area contributed by atoms with E-state index in [0.717, 1.165) is 24.0 Å². The molecule has 0 aliphatic carbocycles. The number of amides is 1. The van der Waals surface area contributed by atoms with Gasteiger partial charge in [-0.15, -0.1) is 0 Å². The lowest BCUT2D eigenvalue weighted by atomic mass is 10.1. The fourth-order valence-corrected chi connectivity index (χ4v) is 2.94. The molecule has 0 spiro atoms. The number of carbonyl (C=O) groups is 1. The largest absolute Gasteiger partial charge is 0.493 e. The molecule has 0 saturated heterocycles. The molecule has 0 saturated carbocycles. The third kappa shape index (κ3) is 7.98. The van der Waals surface area contributed by atoms with E-state index in [1.165, 1.54) is 24.8 Å². The minimum Gasteiger partial charge on any atom is -0.493 e. The van der Waals surface area contributed by atoms with E-state index in [1.54, 1.807) is 13.3 Å². The predicted octanol–water partition coefficient (Wildman–Crippen LogP) is 5.39. The van der Waals surface area contributed by atoms with Gasteiger partial charge in [0.25, 0.3) is 0 Å². The first-order valence-electron chi connectivity index (χ1n) is 10.3. The number of unbranched alkanes of at least 4 members (excludes halogenated alkanes) is 4. The van der Waals surface area contributed by atoms with Crippen LogP contribution < -0.4 is 14.9 Å². The molecule has 1 N–H and O–H groups in total. The van der Waals surface area contributed by atoms with Gasteiger partial charge in [-0.25, -0.2) is 5.43 Å². The molecular formula is C24H32N2O3. The number of carbonyl (C=O) groups excluding carboxylic acids is 1. The SMILES string of the molecule is CCCCCCCC(=O)NN=Cc1ccc(OCc2ccccc2C)c(OC)c1. The van der Waals surface area contributed by atoms with Gasteiger partial charge in [-0.05, 0) is 48.2 Å². The highest BCUT2D eigenvalue weighted by molar-refractivity contribution is 5.83. The average molecular weight is 397 g/mol. The van der Waals surface area contributed by atoms with E-state index in [-0.39, 0.29) is 5.91 Å². The van der Waals surface area contributed by atoms with Crippen molar-refractivity contribution in [1.82, 2.24) is 5.43 Å². The van der Waals surface area contributed by atoms with Crippen LogP contribution in [0.25, 0.3) is 0 Å². The molecule has 29 heavy (non-hydrogen) atoms. The Kier molecular flexibility index (Phi) is 9.76. The van der Waals surface area contributed by atoms with Gasteiger partial charge in [0.05, 0.1) is 13.3 Å². The van der Waals surface area contributed by atoms with Crippen molar-refractivity contribution in [2.24, 2.45) is 5.10 Å². The summed E-state index contributed by atoms with van der Waals surface area (Å²) in [6.45, 7) is 4.72. The van der Waals surface area contributed by atoms with E-state index in [2.05, 4.69) is 36.5 Å². The molecule has 0 unspecified atom stereocenters. The lowest BCUT2D eigenvalue weighted by molar-refractivity contribution is -0.121. The van der Waals surface area contributed by atoms with Gasteiger partial charge in [0.1, 0.15) is 6.61 Å². The molecule has 5 nitrogen and oxygen atoms in total. The molecule has 2 rings (SSSR count). The van der Waals surface area contributed by atoms with E-state index in [9.17, 15) is 4.79 Å². The first-order valence-corrected chi connectivity index (χ1v) is 10.3. The number of aryl methyl sites for hydroxylation is 1. The molecule has 0 aliphatic heterocycles. The zero-order valence-corrected chi connectivity index (χ0v) is 17.7. The topological polar surface area (TPSA) is 59.9 Å². The smallest absolute Gasteiger partial charge is 0.240 e. The van der Waals surface area contributed by atoms with Crippen LogP contribution in [-0.2, 0) is 11.4 Å². The zero-order valence-electron chi connectivity index (χ0n) is 17.7. The summed E-state index contributed by atoms with van der Waals surface area (Å²) in [6.07, 6.45) is 7.74. The van der Waals surface area contributed by atoms with Gasteiger partial charge < -0.3 is 9.47 Å². The van der Waals surface area contributed by atoms with Crippen molar-refractivity contribution in [3.8, 4) is 11.5 Å². The molecule has 0 aliphatic rings. The minimum atomic E-state index is -0.0529. The number of nitrogens with zero attached hydrogens (tertiary/aromatic N) is 1. The summed E-state index contributed by atoms with van der Waals surface area (Å²) in [7, 11) is 1.61. The van der Waals surface area contributed by atoms with Crippen LogP contribution in [0.4, 0.5) is 0 Å². The zero-order chi connectivity index (χ0) is 20.9. The summed E-state index contributed by atoms with van der Waals surface area (Å²) in [6, 6.07) is 13.7. The van der Waals surface area contributed by atoms with Crippen molar-refractivity contribution in [2.45, 2.75) is 59.0 Å². The van der Waals surface area contributed by atoms with Crippen molar-refractivity contribution in [1.29, 1.82) is 0 Å². The summed E-state index contributed by atoms with van der Waals surface area (Å²) >= 11 is 0. The van der Waals surface area contributed by atoms with Crippen molar-refractivity contribution in [3.63, 3.8) is 0 Å². The van der Waals surface area contributed by atoms with E-state index >= 15 is 0 Å². The van der Waals surface area contributed by atoms with Crippen LogP contribution in [-0.4, -0.2) is 19.2 Å². The Balaban J connectivity index is 1.85. The Hall–Kier alpha value is -2.82. The van der Waals surface area contributed by atoms with Crippen LogP contribution in [0, 0.1) is 6.92 Å². The second-order valence-corrected chi connectivity index (χ2v) is 7.08. The number of nitrogens with one attached hydrogen (secondary N) is 1. The second kappa shape index (κ2) is 12.6. The number of hydrazone groups is 1. The molecular weight excluding hydrogens is 364 g/mol. The molecule has 0 radical (unpaired) electrons. The lowest BCUT2D eigenvalue weighted by Crippen LogP contribution is -2.16. The van der Waals surface area contributed by atoms with E-state index in [4.69, 9.17) is 9.47 Å². The second-order valence-electron chi connectivity index (χ2n) is 7.08. The van der Waals surface area contributed by atoms with Crippen molar-refractivity contribution >= 4 is 12.1 Å². The molecule has 1 amide bonds. The number of benzene rings is 2. The Morgan fingerprint density at radius 2 is 1.86 bits per heavy atom. The number of rotatable bonds is 12. The van der Waals surface area contributed by atoms with Crippen LogP contribution in [0.3, 0.4) is 0 Å². The quantitative estimate of drug-likeness (QED) is 0.297. The summed E-state index contributed by atoms with van der Waals surface area (Å²) in [4.78, 5) is 11.8. The maximum absolute atomic E-state index is 11.8. The highest BCUT2D eigenvalue weighted by Crippen LogP contribution is 2.28. The first-order chi connectivity index (χ1) is 14.1. The van der Waals surface area contributed by atoms with E-state index < -0.39 is 0 Å². The number of ether oxygens (including phenoxy) is 2. The normalized spacial score (nSPS) is 10.9. The highest BCUT2D eigenvalue weighted by Gasteiger charge is 2.07. The van der Waals surface area contributed by atoms with Crippen LogP contribution in [0.2, 0.25) is 0 Å². The molecule has 0 heterocycles. The van der Waals surface area contributed by atoms with Crippen LogP contribution in [0.1, 0.15) is 62.1 Å². The molecule has 0 fully saturated rings. The van der Waals surface area contributed by atoms with Gasteiger partial charge in [0.15, 0.2) is 11.5 Å². The maximum atomic E-state index is 11.8. The minimum absolute atomic E-state index is 0.0529. The van der Waals surface area contributed by atoms with Gasteiger partial charge in [-0.2, -0.15) is 5.10 Å². The molecule has 156 valence electrons. The number of hydrogen-bond donors (Lipinski definition) is 1. The Bertz CT molecular complexity index is 802. The monoisotopic (exact) mass is 396 g/mol. The van der Waals surface area contributed by atoms with Gasteiger partial charge in [0, 0.05) is 6.42 Å². The Labute approximate surface area is 174 Å². The summed E-state index contributed by atoms with van der Waals surface area (Å²) < 4.78 is 11.4. The standard InChI is InChI=1S/C24H32N2O3/c1-4-5-6-7-8-13-24(27)26-25-17-20-14-15-22(23(16-20)28-3)29-18-21-12-10-9-11-19(21)2/h9-12,14-17H,4-8,13,18H2,1-3H3,(H,26,27). The summed E-state index contributed by atoms with van der Waals surface area (Å²) in [5, 5.41) is 4.05. The van der Waals surface area contributed by atoms with Crippen molar-refractivity contribution < 1.29 is 14.3 Å². The molecule has 2 aromatic carbocycles. The molecule has 2 aromatic rings. The van der Waals surface area contributed by atoms with Crippen LogP contribution in [0.5, 0.6) is 11.5 Å². The average Bonchev–Trinajstić information content (AvgIpc) is 2.73. The van der Waals surface area contributed by atoms with Gasteiger partial charge >= 0.3 is 0 Å². The Morgan fingerprint density at radius 1 is 1.07 bits per heavy atom. The molecule has 0 atom stereocenters. The number of hydrogen-bond acceptors (Lipinski definition) is 4. The summed E-state index contributed by atoms with van der Waals surface area (Å²) in [5.74, 6) is 1.25. The third-order valence-corrected chi connectivity index (χ3v) is 4.74. The highest BCUT2D eigenvalue weighted by atomic mass is 16.5. The van der Waals surface area contributed by atoms with Gasteiger partial charge in [-0.1, -0.05) is 56.9 Å². The van der Waals surface area contributed by atoms with E-state index in [0.29, 0.717) is 24.5 Å². The molecule has 0 bridgehead atoms. The maximum Gasteiger partial charge on any atom is 0.240 e. The van der Waals surface area contributed by atoms with Gasteiger partial charge in [0.2, 0.25) is 5.91 Å². The molecule has 5 heteroatoms. The van der Waals surface area contributed by atoms with Crippen LogP contribution >= 0.6 is 0 Å². The fraction of sp³-hybridized carbons (Fsp3) is 0.417. The van der Waals surface area contributed by atoms with Crippen molar-refractivity contribution in [2.75, 3.05) is 7.11 Å². The van der Waals surface area contributed by atoms with E-state index in [1.807, 2.05) is 30.3 Å². The van der Waals surface area contributed by atoms with Crippen LogP contribution in [0.15, 0.2) is 47.6 Å². The van der Waals surface area contributed by atoms with Crippen molar-refractivity contribution in [3.05, 3.63) is 59.2 Å².